The summed E-state index contributed by atoms with van der Waals surface area (Å²) >= 11 is 0. The molecule has 4 nitrogen and oxygen atoms in total. The number of nitrogens with zero attached hydrogens (tertiary/aromatic N) is 3. The van der Waals surface area contributed by atoms with Crippen molar-refractivity contribution < 1.29 is 24.5 Å². The van der Waals surface area contributed by atoms with Crippen molar-refractivity contribution in [2.24, 2.45) is 0 Å². The van der Waals surface area contributed by atoms with E-state index in [0.717, 1.165) is 71.9 Å². The van der Waals surface area contributed by atoms with E-state index in [0.29, 0.717) is 0 Å². The third kappa shape index (κ3) is 6.85. The van der Waals surface area contributed by atoms with Crippen LogP contribution in [-0.4, -0.2) is 22.4 Å². The largest absolute Gasteiger partial charge is 0.501 e. The first-order valence-electron chi connectivity index (χ1n) is 21.8. The Bertz CT molecular complexity index is 3970. The van der Waals surface area contributed by atoms with Gasteiger partial charge >= 0.3 is 0 Å². The second kappa shape index (κ2) is 16.1. The van der Waals surface area contributed by atoms with Crippen LogP contribution in [0.4, 0.5) is 0 Å². The molecule has 0 saturated carbocycles. The van der Waals surface area contributed by atoms with Crippen LogP contribution in [0.1, 0.15) is 0 Å². The Morgan fingerprint density at radius 3 is 1.91 bits per heavy atom. The van der Waals surface area contributed by atoms with Gasteiger partial charge in [-0.15, -0.1) is 54.1 Å². The fraction of sp³-hybridized carbons (Fsp3) is 0.0508. The minimum absolute atomic E-state index is 0. The molecule has 4 heterocycles. The van der Waals surface area contributed by atoms with E-state index >= 15 is 0 Å². The number of benzene rings is 9. The van der Waals surface area contributed by atoms with E-state index in [4.69, 9.17) is 9.40 Å². The van der Waals surface area contributed by atoms with Crippen molar-refractivity contribution in [2.45, 2.75) is 19.6 Å². The molecule has 13 rings (SSSR count). The van der Waals surface area contributed by atoms with Crippen molar-refractivity contribution in [3.63, 3.8) is 0 Å². The quantitative estimate of drug-likeness (QED) is 0.101. The van der Waals surface area contributed by atoms with E-state index < -0.39 is 8.07 Å². The summed E-state index contributed by atoms with van der Waals surface area (Å²) in [4.78, 5) is 9.63. The maximum Gasteiger partial charge on any atom is 0.121 e. The number of aromatic nitrogens is 3. The van der Waals surface area contributed by atoms with Gasteiger partial charge in [0, 0.05) is 48.0 Å². The van der Waals surface area contributed by atoms with Gasteiger partial charge in [0.15, 0.2) is 0 Å². The summed E-state index contributed by atoms with van der Waals surface area (Å²) in [5.41, 5.74) is 7.60. The van der Waals surface area contributed by atoms with Gasteiger partial charge in [0.05, 0.1) is 30.5 Å². The van der Waals surface area contributed by atoms with Crippen molar-refractivity contribution >= 4 is 106 Å². The summed E-state index contributed by atoms with van der Waals surface area (Å²) in [7, 11) is -1.44. The van der Waals surface area contributed by atoms with Crippen LogP contribution >= 0.6 is 0 Å². The molecule has 9 aromatic carbocycles. The molecule has 65 heavy (non-hydrogen) atoms. The molecule has 0 unspecified atom stereocenters. The fourth-order valence-corrected chi connectivity index (χ4v) is 10.7. The van der Waals surface area contributed by atoms with Crippen molar-refractivity contribution in [3.05, 3.63) is 206 Å². The molecule has 0 aliphatic rings. The molecule has 0 fully saturated rings. The molecule has 13 aromatic rings. The van der Waals surface area contributed by atoms with Crippen molar-refractivity contribution in [1.82, 2.24) is 14.4 Å². The number of pyridine rings is 1. The third-order valence-electron chi connectivity index (χ3n) is 12.7. The van der Waals surface area contributed by atoms with E-state index in [1.165, 1.54) is 48.3 Å². The van der Waals surface area contributed by atoms with Crippen LogP contribution in [0.2, 0.25) is 19.6 Å². The maximum atomic E-state index is 6.92. The van der Waals surface area contributed by atoms with Gasteiger partial charge in [-0.05, 0) is 79.1 Å². The first kappa shape index (κ1) is 40.6. The molecule has 0 atom stereocenters. The zero-order valence-electron chi connectivity index (χ0n) is 36.1. The molecule has 1 radical (unpaired) electrons. The standard InChI is InChI=1S/C48H33N2OSi.C11H8N.Ir/c1-52(2,3)31-24-25-32-29(26-31)22-23-30-27-42-39-18-10-19-40(47(39)51-45(42)28-41(30)32)48-49-43-20-11-17-38-36-15-7-5-13-34(36)33-12-4-6-14-35(33)37-16-8-9-21-44(37)50(48)46(38)43;1-2-6-10(7-3-1)11-8-4-5-9-12-11;/h4-18,20-28H,1-3H3;1-6,8-9H;/q2*-1;. The molecular weight excluding hydrogens is 987 g/mol. The molecule has 0 spiro atoms. The molecule has 6 heteroatoms. The average Bonchev–Trinajstić information content (AvgIpc) is 3.93. The van der Waals surface area contributed by atoms with Gasteiger partial charge in [0.2, 0.25) is 0 Å². The van der Waals surface area contributed by atoms with Gasteiger partial charge in [-0.2, -0.15) is 0 Å². The summed E-state index contributed by atoms with van der Waals surface area (Å²) in [5.74, 6) is 0.810. The first-order valence-corrected chi connectivity index (χ1v) is 25.3. The van der Waals surface area contributed by atoms with E-state index in [1.807, 2.05) is 48.5 Å². The molecule has 0 saturated heterocycles. The second-order valence-corrected chi connectivity index (χ2v) is 22.6. The summed E-state index contributed by atoms with van der Waals surface area (Å²) < 4.78 is 9.26. The number of para-hydroxylation sites is 2. The second-order valence-electron chi connectivity index (χ2n) is 17.6. The van der Waals surface area contributed by atoms with Crippen molar-refractivity contribution in [3.8, 4) is 22.6 Å². The molecule has 0 N–H and O–H groups in total. The fourth-order valence-electron chi connectivity index (χ4n) is 9.56. The number of rotatable bonds is 3. The average molecular weight is 1030 g/mol. The number of hydrogen-bond acceptors (Lipinski definition) is 3. The summed E-state index contributed by atoms with van der Waals surface area (Å²) in [6.45, 7) is 7.21. The Morgan fingerprint density at radius 1 is 0.508 bits per heavy atom. The normalized spacial score (nSPS) is 11.8. The molecule has 0 aliphatic heterocycles. The topological polar surface area (TPSA) is 43.3 Å². The van der Waals surface area contributed by atoms with Gasteiger partial charge in [-0.1, -0.05) is 157 Å². The minimum Gasteiger partial charge on any atom is -0.501 e. The van der Waals surface area contributed by atoms with Crippen LogP contribution in [0, 0.1) is 12.1 Å². The van der Waals surface area contributed by atoms with Crippen molar-refractivity contribution in [1.29, 1.82) is 0 Å². The number of furan rings is 1. The molecule has 0 aliphatic carbocycles. The van der Waals surface area contributed by atoms with Crippen molar-refractivity contribution in [2.75, 3.05) is 0 Å². The SMILES string of the molecule is C[Si](C)(C)c1ccc2c(ccc3cc4c(cc32)oc2c(-c3nc5cccc6c7ccccc7c7ccccc7c7ccccc7n3c56)[c-]ccc24)c1.[Ir].[c-]1ccccc1-c1ccccn1. The Kier molecular flexibility index (Phi) is 10.0. The Labute approximate surface area is 390 Å². The van der Waals surface area contributed by atoms with Crippen LogP contribution in [-0.2, 0) is 20.1 Å². The predicted molar refractivity (Wildman–Crippen MR) is 272 cm³/mol. The van der Waals surface area contributed by atoms with Gasteiger partial charge in [0.1, 0.15) is 5.58 Å². The smallest absolute Gasteiger partial charge is 0.121 e. The Balaban J connectivity index is 0.000000313. The maximum absolute atomic E-state index is 6.92. The molecule has 0 bridgehead atoms. The monoisotopic (exact) mass is 1030 g/mol. The molecule has 4 aromatic heterocycles. The van der Waals surface area contributed by atoms with Gasteiger partial charge in [-0.3, -0.25) is 4.98 Å². The molecule has 0 amide bonds. The van der Waals surface area contributed by atoms with Crippen LogP contribution in [0.15, 0.2) is 199 Å². The van der Waals surface area contributed by atoms with E-state index in [1.54, 1.807) is 6.20 Å². The van der Waals surface area contributed by atoms with E-state index in [2.05, 4.69) is 181 Å². The zero-order chi connectivity index (χ0) is 42.9. The number of fused-ring (bicyclic) bond motifs is 13. The first-order chi connectivity index (χ1) is 31.4. The Hall–Kier alpha value is -7.21. The van der Waals surface area contributed by atoms with Crippen LogP contribution in [0.25, 0.3) is 115 Å². The predicted octanol–water partition coefficient (Wildman–Crippen LogP) is 15.3. The minimum atomic E-state index is -1.44. The number of hydrogen-bond donors (Lipinski definition) is 0. The number of imidazole rings is 1. The summed E-state index contributed by atoms with van der Waals surface area (Å²) in [6.07, 6.45) is 1.79. The van der Waals surface area contributed by atoms with Crippen LogP contribution in [0.3, 0.4) is 0 Å². The van der Waals surface area contributed by atoms with E-state index in [-0.39, 0.29) is 20.1 Å². The molecule has 313 valence electrons. The summed E-state index contributed by atoms with van der Waals surface area (Å²) in [5, 5.41) is 15.7. The Morgan fingerprint density at radius 2 is 1.18 bits per heavy atom. The van der Waals surface area contributed by atoms with Crippen LogP contribution < -0.4 is 5.19 Å². The molecular formula is C59H41IrN3OSi-2. The van der Waals surface area contributed by atoms with Gasteiger partial charge < -0.3 is 13.8 Å². The van der Waals surface area contributed by atoms with Crippen LogP contribution in [0.5, 0.6) is 0 Å². The van der Waals surface area contributed by atoms with Gasteiger partial charge in [0.25, 0.3) is 0 Å². The van der Waals surface area contributed by atoms with E-state index in [9.17, 15) is 0 Å². The zero-order valence-corrected chi connectivity index (χ0v) is 39.5. The third-order valence-corrected chi connectivity index (χ3v) is 14.7. The van der Waals surface area contributed by atoms with Gasteiger partial charge in [-0.25, -0.2) is 0 Å². The summed E-state index contributed by atoms with van der Waals surface area (Å²) in [6, 6.07) is 73.3.